The SMILES string of the molecule is OC(c1ccc2c(c1)OCCCO2)C1CCCCC1. The third-order valence-electron chi connectivity index (χ3n) is 4.21. The highest BCUT2D eigenvalue weighted by molar-refractivity contribution is 5.44. The molecule has 1 aromatic rings. The van der Waals surface area contributed by atoms with Crippen molar-refractivity contribution in [3.8, 4) is 11.5 Å². The van der Waals surface area contributed by atoms with Gasteiger partial charge in [-0.25, -0.2) is 0 Å². The van der Waals surface area contributed by atoms with E-state index in [9.17, 15) is 5.11 Å². The number of hydrogen-bond donors (Lipinski definition) is 1. The van der Waals surface area contributed by atoms with E-state index in [1.165, 1.54) is 19.3 Å². The lowest BCUT2D eigenvalue weighted by atomic mass is 9.83. The normalized spacial score (nSPS) is 21.7. The van der Waals surface area contributed by atoms with Crippen LogP contribution in [-0.2, 0) is 0 Å². The first kappa shape index (κ1) is 12.8. The minimum atomic E-state index is -0.363. The fraction of sp³-hybridized carbons (Fsp3) is 0.625. The topological polar surface area (TPSA) is 38.7 Å². The van der Waals surface area contributed by atoms with Crippen molar-refractivity contribution < 1.29 is 14.6 Å². The Morgan fingerprint density at radius 2 is 1.68 bits per heavy atom. The zero-order chi connectivity index (χ0) is 13.1. The fourth-order valence-corrected chi connectivity index (χ4v) is 3.09. The van der Waals surface area contributed by atoms with Gasteiger partial charge in [0.05, 0.1) is 19.3 Å². The maximum absolute atomic E-state index is 10.5. The van der Waals surface area contributed by atoms with E-state index < -0.39 is 0 Å². The van der Waals surface area contributed by atoms with Crippen LogP contribution in [0.25, 0.3) is 0 Å². The van der Waals surface area contributed by atoms with Crippen LogP contribution in [0.4, 0.5) is 0 Å². The molecule has 0 saturated heterocycles. The van der Waals surface area contributed by atoms with Crippen molar-refractivity contribution in [3.05, 3.63) is 23.8 Å². The Bertz CT molecular complexity index is 424. The average Bonchev–Trinajstić information content (AvgIpc) is 2.72. The van der Waals surface area contributed by atoms with Crippen molar-refractivity contribution in [2.45, 2.75) is 44.6 Å². The number of benzene rings is 1. The van der Waals surface area contributed by atoms with E-state index in [-0.39, 0.29) is 6.10 Å². The molecule has 0 radical (unpaired) electrons. The Balaban J connectivity index is 1.78. The molecule has 0 aromatic heterocycles. The molecule has 19 heavy (non-hydrogen) atoms. The summed E-state index contributed by atoms with van der Waals surface area (Å²) in [6.45, 7) is 1.40. The smallest absolute Gasteiger partial charge is 0.161 e. The lowest BCUT2D eigenvalue weighted by Crippen LogP contribution is -2.16. The van der Waals surface area contributed by atoms with Gasteiger partial charge < -0.3 is 14.6 Å². The first-order chi connectivity index (χ1) is 9.34. The van der Waals surface area contributed by atoms with Gasteiger partial charge in [0, 0.05) is 6.42 Å². The predicted octanol–water partition coefficient (Wildman–Crippen LogP) is 3.46. The van der Waals surface area contributed by atoms with Crippen LogP contribution in [0.2, 0.25) is 0 Å². The van der Waals surface area contributed by atoms with Crippen LogP contribution >= 0.6 is 0 Å². The van der Waals surface area contributed by atoms with Crippen LogP contribution < -0.4 is 9.47 Å². The summed E-state index contributed by atoms with van der Waals surface area (Å²) >= 11 is 0. The first-order valence-electron chi connectivity index (χ1n) is 7.42. The van der Waals surface area contributed by atoms with Gasteiger partial charge in [0.25, 0.3) is 0 Å². The van der Waals surface area contributed by atoms with Crippen LogP contribution in [0.5, 0.6) is 11.5 Å². The largest absolute Gasteiger partial charge is 0.490 e. The summed E-state index contributed by atoms with van der Waals surface area (Å²) in [6.07, 6.45) is 6.61. The third kappa shape index (κ3) is 2.86. The van der Waals surface area contributed by atoms with Gasteiger partial charge in [-0.05, 0) is 36.5 Å². The lowest BCUT2D eigenvalue weighted by molar-refractivity contribution is 0.0845. The Labute approximate surface area is 114 Å². The Morgan fingerprint density at radius 1 is 0.947 bits per heavy atom. The monoisotopic (exact) mass is 262 g/mol. The number of aliphatic hydroxyl groups is 1. The van der Waals surface area contributed by atoms with Gasteiger partial charge in [0.15, 0.2) is 11.5 Å². The highest BCUT2D eigenvalue weighted by Gasteiger charge is 2.24. The van der Waals surface area contributed by atoms with Gasteiger partial charge >= 0.3 is 0 Å². The van der Waals surface area contributed by atoms with Crippen molar-refractivity contribution in [3.63, 3.8) is 0 Å². The molecule has 1 aliphatic carbocycles. The maximum atomic E-state index is 10.5. The molecular formula is C16H22O3. The minimum Gasteiger partial charge on any atom is -0.490 e. The molecule has 1 heterocycles. The van der Waals surface area contributed by atoms with Crippen LogP contribution in [-0.4, -0.2) is 18.3 Å². The van der Waals surface area contributed by atoms with Crippen molar-refractivity contribution in [1.82, 2.24) is 0 Å². The Hall–Kier alpha value is -1.22. The molecule has 3 rings (SSSR count). The van der Waals surface area contributed by atoms with Gasteiger partial charge in [-0.1, -0.05) is 25.3 Å². The zero-order valence-electron chi connectivity index (χ0n) is 11.3. The van der Waals surface area contributed by atoms with E-state index in [4.69, 9.17) is 9.47 Å². The van der Waals surface area contributed by atoms with Crippen molar-refractivity contribution in [2.24, 2.45) is 5.92 Å². The average molecular weight is 262 g/mol. The molecule has 1 N–H and O–H groups in total. The molecule has 0 bridgehead atoms. The number of ether oxygens (including phenoxy) is 2. The van der Waals surface area contributed by atoms with Gasteiger partial charge in [-0.2, -0.15) is 0 Å². The molecule has 104 valence electrons. The van der Waals surface area contributed by atoms with Crippen LogP contribution in [0.3, 0.4) is 0 Å². The third-order valence-corrected chi connectivity index (χ3v) is 4.21. The van der Waals surface area contributed by atoms with E-state index in [0.29, 0.717) is 19.1 Å². The molecule has 1 aromatic carbocycles. The van der Waals surface area contributed by atoms with Gasteiger partial charge in [0.1, 0.15) is 0 Å². The van der Waals surface area contributed by atoms with Gasteiger partial charge in [-0.3, -0.25) is 0 Å². The molecule has 1 aliphatic heterocycles. The second-order valence-electron chi connectivity index (χ2n) is 5.60. The first-order valence-corrected chi connectivity index (χ1v) is 7.42. The summed E-state index contributed by atoms with van der Waals surface area (Å²) in [6, 6.07) is 5.87. The summed E-state index contributed by atoms with van der Waals surface area (Å²) in [7, 11) is 0. The lowest BCUT2D eigenvalue weighted by Gasteiger charge is -2.27. The van der Waals surface area contributed by atoms with Gasteiger partial charge in [0.2, 0.25) is 0 Å². The van der Waals surface area contributed by atoms with Crippen molar-refractivity contribution in [2.75, 3.05) is 13.2 Å². The number of hydrogen-bond acceptors (Lipinski definition) is 3. The Morgan fingerprint density at radius 3 is 2.47 bits per heavy atom. The number of fused-ring (bicyclic) bond motifs is 1. The highest BCUT2D eigenvalue weighted by Crippen LogP contribution is 2.38. The summed E-state index contributed by atoms with van der Waals surface area (Å²) in [4.78, 5) is 0. The fourth-order valence-electron chi connectivity index (χ4n) is 3.09. The summed E-state index contributed by atoms with van der Waals surface area (Å²) in [5.41, 5.74) is 0.969. The minimum absolute atomic E-state index is 0.363. The predicted molar refractivity (Wildman–Crippen MR) is 73.6 cm³/mol. The number of aliphatic hydroxyl groups excluding tert-OH is 1. The van der Waals surface area contributed by atoms with E-state index in [1.54, 1.807) is 0 Å². The molecule has 1 atom stereocenters. The zero-order valence-corrected chi connectivity index (χ0v) is 11.3. The molecule has 1 fully saturated rings. The molecule has 0 amide bonds. The molecular weight excluding hydrogens is 240 g/mol. The summed E-state index contributed by atoms with van der Waals surface area (Å²) in [5, 5.41) is 10.5. The quantitative estimate of drug-likeness (QED) is 0.887. The van der Waals surface area contributed by atoms with E-state index >= 15 is 0 Å². The molecule has 3 nitrogen and oxygen atoms in total. The molecule has 1 saturated carbocycles. The van der Waals surface area contributed by atoms with E-state index in [0.717, 1.165) is 36.3 Å². The van der Waals surface area contributed by atoms with Crippen LogP contribution in [0.15, 0.2) is 18.2 Å². The molecule has 3 heteroatoms. The van der Waals surface area contributed by atoms with E-state index in [2.05, 4.69) is 0 Å². The maximum Gasteiger partial charge on any atom is 0.161 e. The summed E-state index contributed by atoms with van der Waals surface area (Å²) in [5.74, 6) is 1.99. The van der Waals surface area contributed by atoms with E-state index in [1.807, 2.05) is 18.2 Å². The molecule has 2 aliphatic rings. The molecule has 1 unspecified atom stereocenters. The summed E-state index contributed by atoms with van der Waals surface area (Å²) < 4.78 is 11.3. The number of rotatable bonds is 2. The molecule has 0 spiro atoms. The second-order valence-corrected chi connectivity index (χ2v) is 5.60. The standard InChI is InChI=1S/C16H22O3/c17-16(12-5-2-1-3-6-12)13-7-8-14-15(11-13)19-10-4-9-18-14/h7-8,11-12,16-17H,1-6,9-10H2. The van der Waals surface area contributed by atoms with Crippen LogP contribution in [0.1, 0.15) is 50.2 Å². The highest BCUT2D eigenvalue weighted by atomic mass is 16.5. The van der Waals surface area contributed by atoms with Crippen LogP contribution in [0, 0.1) is 5.92 Å². The Kier molecular flexibility index (Phi) is 3.92. The van der Waals surface area contributed by atoms with Crippen molar-refractivity contribution in [1.29, 1.82) is 0 Å². The second kappa shape index (κ2) is 5.83. The van der Waals surface area contributed by atoms with Gasteiger partial charge in [-0.15, -0.1) is 0 Å². The van der Waals surface area contributed by atoms with Crippen molar-refractivity contribution >= 4 is 0 Å².